The van der Waals surface area contributed by atoms with Crippen LogP contribution in [0.25, 0.3) is 17.0 Å². The number of halogens is 4. The Labute approximate surface area is 164 Å². The Hall–Kier alpha value is -2.32. The molecule has 150 valence electrons. The standard InChI is InChI=1S/C19H20ClF3N4O/c1-24-9-7-14-11-26(10-2-8-19(21,22)23)18-25-16(12-27(18)17(14)28)13-3-5-15(20)6-4-13/h3-6,11-12,24H,2,7-10H2,1H3. The number of aromatic nitrogens is 3. The lowest BCUT2D eigenvalue weighted by molar-refractivity contribution is -0.135. The van der Waals surface area contributed by atoms with Crippen molar-refractivity contribution in [2.45, 2.75) is 32.0 Å². The van der Waals surface area contributed by atoms with Gasteiger partial charge in [0.2, 0.25) is 5.78 Å². The first-order chi connectivity index (χ1) is 13.3. The summed E-state index contributed by atoms with van der Waals surface area (Å²) in [5, 5.41) is 3.55. The number of aryl methyl sites for hydroxylation is 1. The summed E-state index contributed by atoms with van der Waals surface area (Å²) >= 11 is 5.91. The fourth-order valence-electron chi connectivity index (χ4n) is 2.98. The molecule has 3 rings (SSSR count). The van der Waals surface area contributed by atoms with Gasteiger partial charge >= 0.3 is 6.18 Å². The van der Waals surface area contributed by atoms with Crippen molar-refractivity contribution in [3.8, 4) is 11.3 Å². The molecule has 0 amide bonds. The highest BCUT2D eigenvalue weighted by molar-refractivity contribution is 6.30. The number of hydrogen-bond acceptors (Lipinski definition) is 3. The summed E-state index contributed by atoms with van der Waals surface area (Å²) in [6.45, 7) is 0.703. The monoisotopic (exact) mass is 412 g/mol. The van der Waals surface area contributed by atoms with E-state index in [1.54, 1.807) is 48.3 Å². The molecule has 28 heavy (non-hydrogen) atoms. The summed E-state index contributed by atoms with van der Waals surface area (Å²) in [5.41, 5.74) is 1.63. The van der Waals surface area contributed by atoms with E-state index in [1.165, 1.54) is 4.40 Å². The van der Waals surface area contributed by atoms with Gasteiger partial charge in [0.1, 0.15) is 0 Å². The Morgan fingerprint density at radius 1 is 1.18 bits per heavy atom. The van der Waals surface area contributed by atoms with Crippen LogP contribution in [-0.4, -0.2) is 33.7 Å². The maximum atomic E-state index is 12.8. The lowest BCUT2D eigenvalue weighted by Crippen LogP contribution is -2.24. The average molecular weight is 413 g/mol. The minimum absolute atomic E-state index is 0.0867. The molecular formula is C19H20ClF3N4O. The van der Waals surface area contributed by atoms with E-state index in [2.05, 4.69) is 10.3 Å². The highest BCUT2D eigenvalue weighted by atomic mass is 35.5. The summed E-state index contributed by atoms with van der Waals surface area (Å²) < 4.78 is 40.7. The summed E-state index contributed by atoms with van der Waals surface area (Å²) in [4.78, 5) is 17.3. The quantitative estimate of drug-likeness (QED) is 0.640. The Morgan fingerprint density at radius 2 is 1.89 bits per heavy atom. The van der Waals surface area contributed by atoms with Crippen LogP contribution in [0.5, 0.6) is 0 Å². The van der Waals surface area contributed by atoms with Gasteiger partial charge in [0, 0.05) is 41.5 Å². The lowest BCUT2D eigenvalue weighted by atomic mass is 10.2. The van der Waals surface area contributed by atoms with E-state index in [4.69, 9.17) is 11.6 Å². The molecule has 0 aliphatic carbocycles. The predicted molar refractivity (Wildman–Crippen MR) is 103 cm³/mol. The predicted octanol–water partition coefficient (Wildman–Crippen LogP) is 3.92. The molecule has 0 spiro atoms. The molecule has 1 N–H and O–H groups in total. The molecular weight excluding hydrogens is 393 g/mol. The van der Waals surface area contributed by atoms with E-state index in [0.29, 0.717) is 35.0 Å². The Morgan fingerprint density at radius 3 is 2.54 bits per heavy atom. The second kappa shape index (κ2) is 8.36. The van der Waals surface area contributed by atoms with Crippen LogP contribution in [0.2, 0.25) is 5.02 Å². The smallest absolute Gasteiger partial charge is 0.319 e. The van der Waals surface area contributed by atoms with Gasteiger partial charge in [-0.25, -0.2) is 4.98 Å². The van der Waals surface area contributed by atoms with Crippen molar-refractivity contribution < 1.29 is 13.2 Å². The van der Waals surface area contributed by atoms with Gasteiger partial charge in [0.05, 0.1) is 5.69 Å². The minimum atomic E-state index is -4.21. The van der Waals surface area contributed by atoms with Crippen LogP contribution in [0.4, 0.5) is 13.2 Å². The van der Waals surface area contributed by atoms with Crippen molar-refractivity contribution >= 4 is 17.4 Å². The van der Waals surface area contributed by atoms with Crippen molar-refractivity contribution in [1.82, 2.24) is 19.3 Å². The largest absolute Gasteiger partial charge is 0.389 e. The highest BCUT2D eigenvalue weighted by Crippen LogP contribution is 2.23. The molecule has 0 saturated carbocycles. The van der Waals surface area contributed by atoms with Crippen LogP contribution in [-0.2, 0) is 13.0 Å². The number of benzene rings is 1. The number of rotatable bonds is 7. The van der Waals surface area contributed by atoms with Crippen LogP contribution in [0.15, 0.2) is 41.5 Å². The first-order valence-electron chi connectivity index (χ1n) is 8.87. The third-order valence-corrected chi connectivity index (χ3v) is 4.64. The normalized spacial score (nSPS) is 12.0. The van der Waals surface area contributed by atoms with Gasteiger partial charge in [-0.3, -0.25) is 9.20 Å². The van der Waals surface area contributed by atoms with E-state index in [0.717, 1.165) is 5.56 Å². The van der Waals surface area contributed by atoms with Gasteiger partial charge in [-0.05, 0) is 38.6 Å². The maximum absolute atomic E-state index is 12.8. The summed E-state index contributed by atoms with van der Waals surface area (Å²) in [6, 6.07) is 7.00. The zero-order valence-corrected chi connectivity index (χ0v) is 16.0. The van der Waals surface area contributed by atoms with E-state index >= 15 is 0 Å². The zero-order chi connectivity index (χ0) is 20.3. The van der Waals surface area contributed by atoms with Gasteiger partial charge < -0.3 is 9.88 Å². The number of likely N-dealkylation sites (N-methyl/N-ethyl adjacent to an activating group) is 1. The van der Waals surface area contributed by atoms with Gasteiger partial charge in [-0.2, -0.15) is 13.2 Å². The van der Waals surface area contributed by atoms with Crippen molar-refractivity contribution in [1.29, 1.82) is 0 Å². The molecule has 2 aromatic heterocycles. The fraction of sp³-hybridized carbons (Fsp3) is 0.368. The van der Waals surface area contributed by atoms with Crippen LogP contribution >= 0.6 is 11.6 Å². The molecule has 0 radical (unpaired) electrons. The van der Waals surface area contributed by atoms with Crippen LogP contribution in [0.1, 0.15) is 18.4 Å². The first-order valence-corrected chi connectivity index (χ1v) is 9.25. The maximum Gasteiger partial charge on any atom is 0.389 e. The number of nitrogens with zero attached hydrogens (tertiary/aromatic N) is 3. The number of alkyl halides is 3. The molecule has 5 nitrogen and oxygen atoms in total. The molecule has 0 unspecified atom stereocenters. The molecule has 0 aliphatic rings. The summed E-state index contributed by atoms with van der Waals surface area (Å²) in [6.07, 6.45) is -1.49. The minimum Gasteiger partial charge on any atom is -0.319 e. The second-order valence-electron chi connectivity index (χ2n) is 6.53. The second-order valence-corrected chi connectivity index (χ2v) is 6.96. The highest BCUT2D eigenvalue weighted by Gasteiger charge is 2.26. The van der Waals surface area contributed by atoms with Gasteiger partial charge in [-0.1, -0.05) is 23.7 Å². The molecule has 0 bridgehead atoms. The summed E-state index contributed by atoms with van der Waals surface area (Å²) in [5.74, 6) is 0.324. The van der Waals surface area contributed by atoms with Crippen molar-refractivity contribution in [2.75, 3.05) is 13.6 Å². The third kappa shape index (κ3) is 4.74. The van der Waals surface area contributed by atoms with Gasteiger partial charge in [-0.15, -0.1) is 0 Å². The van der Waals surface area contributed by atoms with Gasteiger partial charge in [0.15, 0.2) is 0 Å². The summed E-state index contributed by atoms with van der Waals surface area (Å²) in [7, 11) is 1.77. The number of nitrogens with one attached hydrogen (secondary N) is 1. The molecule has 0 atom stereocenters. The molecule has 9 heteroatoms. The molecule has 3 aromatic rings. The van der Waals surface area contributed by atoms with E-state index in [1.807, 2.05) is 0 Å². The van der Waals surface area contributed by atoms with Crippen molar-refractivity contribution in [2.24, 2.45) is 0 Å². The Kier molecular flexibility index (Phi) is 6.10. The lowest BCUT2D eigenvalue weighted by Gasteiger charge is -2.12. The van der Waals surface area contributed by atoms with E-state index < -0.39 is 12.6 Å². The number of imidazole rings is 1. The van der Waals surface area contributed by atoms with Gasteiger partial charge in [0.25, 0.3) is 5.56 Å². The average Bonchev–Trinajstić information content (AvgIpc) is 3.08. The van der Waals surface area contributed by atoms with E-state index in [9.17, 15) is 18.0 Å². The number of fused-ring (bicyclic) bond motifs is 1. The third-order valence-electron chi connectivity index (χ3n) is 4.39. The topological polar surface area (TPSA) is 51.3 Å². The molecule has 0 saturated heterocycles. The molecule has 0 aliphatic heterocycles. The SMILES string of the molecule is CNCCc1cn(CCCC(F)(F)F)c2nc(-c3ccc(Cl)cc3)cn2c1=O. The Bertz CT molecular complexity index is 1010. The zero-order valence-electron chi connectivity index (χ0n) is 15.3. The van der Waals surface area contributed by atoms with Crippen molar-refractivity contribution in [3.63, 3.8) is 0 Å². The van der Waals surface area contributed by atoms with E-state index in [-0.39, 0.29) is 18.5 Å². The van der Waals surface area contributed by atoms with Crippen LogP contribution < -0.4 is 10.9 Å². The molecule has 1 aromatic carbocycles. The van der Waals surface area contributed by atoms with Crippen LogP contribution in [0.3, 0.4) is 0 Å². The van der Waals surface area contributed by atoms with Crippen LogP contribution in [0, 0.1) is 0 Å². The van der Waals surface area contributed by atoms with Crippen molar-refractivity contribution in [3.05, 3.63) is 57.6 Å². The fourth-order valence-corrected chi connectivity index (χ4v) is 3.11. The number of hydrogen-bond donors (Lipinski definition) is 1. The molecule has 2 heterocycles. The molecule has 0 fully saturated rings. The Balaban J connectivity index is 2.04. The first kappa shape index (κ1) is 20.4.